The second-order valence-corrected chi connectivity index (χ2v) is 4.88. The van der Waals surface area contributed by atoms with Crippen molar-refractivity contribution >= 4 is 0 Å². The van der Waals surface area contributed by atoms with Crippen LogP contribution in [-0.2, 0) is 6.42 Å². The fourth-order valence-corrected chi connectivity index (χ4v) is 2.23. The average molecular weight is 279 g/mol. The normalized spacial score (nSPS) is 10.2. The largest absolute Gasteiger partial charge is 0.436 e. The molecule has 0 saturated heterocycles. The molecule has 3 aromatic rings. The second kappa shape index (κ2) is 6.40. The van der Waals surface area contributed by atoms with Crippen LogP contribution in [-0.4, -0.2) is 4.98 Å². The molecule has 0 aliphatic heterocycles. The predicted octanol–water partition coefficient (Wildman–Crippen LogP) is 5.52. The van der Waals surface area contributed by atoms with Crippen LogP contribution in [0.15, 0.2) is 59.0 Å². The Bertz CT molecular complexity index is 696. The molecule has 0 aliphatic rings. The molecule has 0 aliphatic carbocycles. The number of hydrogen-bond acceptors (Lipinski definition) is 2. The summed E-state index contributed by atoms with van der Waals surface area (Å²) in [5.74, 6) is 1.57. The number of rotatable bonds is 3. The summed E-state index contributed by atoms with van der Waals surface area (Å²) in [6.45, 7) is 4.18. The fourth-order valence-electron chi connectivity index (χ4n) is 2.23. The molecule has 0 fully saturated rings. The van der Waals surface area contributed by atoms with Crippen molar-refractivity contribution in [2.75, 3.05) is 0 Å². The Morgan fingerprint density at radius 3 is 2.19 bits per heavy atom. The van der Waals surface area contributed by atoms with Crippen molar-refractivity contribution in [3.05, 3.63) is 65.9 Å². The van der Waals surface area contributed by atoms with E-state index in [2.05, 4.69) is 55.2 Å². The first-order valence-corrected chi connectivity index (χ1v) is 6.90. The quantitative estimate of drug-likeness (QED) is 0.631. The zero-order valence-corrected chi connectivity index (χ0v) is 11.8. The summed E-state index contributed by atoms with van der Waals surface area (Å²) in [5, 5.41) is 0. The Hall–Kier alpha value is -2.35. The van der Waals surface area contributed by atoms with E-state index in [0.717, 1.165) is 29.0 Å². The first-order valence-electron chi connectivity index (χ1n) is 6.90. The topological polar surface area (TPSA) is 26.0 Å². The van der Waals surface area contributed by atoms with Crippen molar-refractivity contribution in [1.29, 1.82) is 0 Å². The SMILES string of the molecule is C.CCc1nc(-c2ccc(C)cc2)oc1-c1ccccc1. The Morgan fingerprint density at radius 2 is 1.57 bits per heavy atom. The van der Waals surface area contributed by atoms with Gasteiger partial charge >= 0.3 is 0 Å². The highest BCUT2D eigenvalue weighted by molar-refractivity contribution is 5.64. The third-order valence-corrected chi connectivity index (χ3v) is 3.37. The lowest BCUT2D eigenvalue weighted by Crippen LogP contribution is -1.84. The maximum absolute atomic E-state index is 6.01. The lowest BCUT2D eigenvalue weighted by atomic mass is 10.1. The van der Waals surface area contributed by atoms with Gasteiger partial charge in [0.2, 0.25) is 5.89 Å². The molecule has 0 spiro atoms. The minimum absolute atomic E-state index is 0. The van der Waals surface area contributed by atoms with E-state index < -0.39 is 0 Å². The van der Waals surface area contributed by atoms with Crippen LogP contribution in [0.25, 0.3) is 22.8 Å². The molecule has 2 aromatic carbocycles. The molecule has 0 radical (unpaired) electrons. The van der Waals surface area contributed by atoms with Gasteiger partial charge in [0, 0.05) is 11.1 Å². The number of aryl methyl sites for hydroxylation is 2. The van der Waals surface area contributed by atoms with E-state index in [1.54, 1.807) is 0 Å². The Labute approximate surface area is 126 Å². The highest BCUT2D eigenvalue weighted by atomic mass is 16.4. The summed E-state index contributed by atoms with van der Waals surface area (Å²) < 4.78 is 6.01. The van der Waals surface area contributed by atoms with Gasteiger partial charge in [-0.3, -0.25) is 0 Å². The van der Waals surface area contributed by atoms with Crippen molar-refractivity contribution in [1.82, 2.24) is 4.98 Å². The molecule has 2 nitrogen and oxygen atoms in total. The van der Waals surface area contributed by atoms with Crippen LogP contribution in [0, 0.1) is 6.92 Å². The van der Waals surface area contributed by atoms with Gasteiger partial charge < -0.3 is 4.42 Å². The van der Waals surface area contributed by atoms with E-state index in [-0.39, 0.29) is 7.43 Å². The van der Waals surface area contributed by atoms with E-state index in [1.165, 1.54) is 5.56 Å². The Kier molecular flexibility index (Phi) is 4.59. The van der Waals surface area contributed by atoms with E-state index in [1.807, 2.05) is 18.2 Å². The number of nitrogens with zero attached hydrogens (tertiary/aromatic N) is 1. The van der Waals surface area contributed by atoms with Crippen molar-refractivity contribution in [2.24, 2.45) is 0 Å². The van der Waals surface area contributed by atoms with E-state index in [4.69, 9.17) is 4.42 Å². The van der Waals surface area contributed by atoms with Crippen molar-refractivity contribution < 1.29 is 4.42 Å². The summed E-state index contributed by atoms with van der Waals surface area (Å²) in [7, 11) is 0. The molecule has 21 heavy (non-hydrogen) atoms. The summed E-state index contributed by atoms with van der Waals surface area (Å²) in [5.41, 5.74) is 4.34. The molecule has 0 atom stereocenters. The molecule has 0 amide bonds. The summed E-state index contributed by atoms with van der Waals surface area (Å²) in [6, 6.07) is 18.4. The van der Waals surface area contributed by atoms with Crippen LogP contribution < -0.4 is 0 Å². The molecule has 1 aromatic heterocycles. The Balaban J connectivity index is 0.00000161. The molecule has 0 N–H and O–H groups in total. The van der Waals surface area contributed by atoms with E-state index in [9.17, 15) is 0 Å². The maximum Gasteiger partial charge on any atom is 0.227 e. The van der Waals surface area contributed by atoms with Gasteiger partial charge in [0.1, 0.15) is 0 Å². The van der Waals surface area contributed by atoms with E-state index >= 15 is 0 Å². The number of benzene rings is 2. The Morgan fingerprint density at radius 1 is 0.905 bits per heavy atom. The van der Waals surface area contributed by atoms with Crippen LogP contribution >= 0.6 is 0 Å². The van der Waals surface area contributed by atoms with Gasteiger partial charge in [-0.25, -0.2) is 4.98 Å². The van der Waals surface area contributed by atoms with Crippen LogP contribution in [0.2, 0.25) is 0 Å². The fraction of sp³-hybridized carbons (Fsp3) is 0.211. The molecular formula is C19H21NO. The molecule has 2 heteroatoms. The van der Waals surface area contributed by atoms with Crippen molar-refractivity contribution in [2.45, 2.75) is 27.7 Å². The minimum Gasteiger partial charge on any atom is -0.436 e. The zero-order valence-electron chi connectivity index (χ0n) is 11.8. The molecule has 1 heterocycles. The molecule has 0 unspecified atom stereocenters. The van der Waals surface area contributed by atoms with Gasteiger partial charge in [0.25, 0.3) is 0 Å². The summed E-state index contributed by atoms with van der Waals surface area (Å²) in [6.07, 6.45) is 0.861. The van der Waals surface area contributed by atoms with Gasteiger partial charge in [-0.15, -0.1) is 0 Å². The third-order valence-electron chi connectivity index (χ3n) is 3.37. The second-order valence-electron chi connectivity index (χ2n) is 4.88. The number of aromatic nitrogens is 1. The van der Waals surface area contributed by atoms with Gasteiger partial charge in [-0.05, 0) is 25.5 Å². The van der Waals surface area contributed by atoms with Gasteiger partial charge in [0.05, 0.1) is 5.69 Å². The molecule has 0 saturated carbocycles. The molecule has 0 bridgehead atoms. The maximum atomic E-state index is 6.01. The highest BCUT2D eigenvalue weighted by Gasteiger charge is 2.14. The predicted molar refractivity (Wildman–Crippen MR) is 88.2 cm³/mol. The monoisotopic (exact) mass is 279 g/mol. The number of oxazole rings is 1. The van der Waals surface area contributed by atoms with Crippen LogP contribution in [0.3, 0.4) is 0 Å². The van der Waals surface area contributed by atoms with Crippen LogP contribution in [0.5, 0.6) is 0 Å². The van der Waals surface area contributed by atoms with Gasteiger partial charge in [-0.2, -0.15) is 0 Å². The molecule has 3 rings (SSSR count). The molecule has 108 valence electrons. The summed E-state index contributed by atoms with van der Waals surface area (Å²) >= 11 is 0. The lowest BCUT2D eigenvalue weighted by molar-refractivity contribution is 0.587. The average Bonchev–Trinajstić information content (AvgIpc) is 2.93. The standard InChI is InChI=1S/C18H17NO.CH4/c1-3-16-17(14-7-5-4-6-8-14)20-18(19-16)15-11-9-13(2)10-12-15;/h4-12H,3H2,1-2H3;1H4. The highest BCUT2D eigenvalue weighted by Crippen LogP contribution is 2.30. The first kappa shape index (κ1) is 15.0. The minimum atomic E-state index is 0. The van der Waals surface area contributed by atoms with Gasteiger partial charge in [-0.1, -0.05) is 62.4 Å². The van der Waals surface area contributed by atoms with Crippen LogP contribution in [0.1, 0.15) is 25.6 Å². The van der Waals surface area contributed by atoms with Gasteiger partial charge in [0.15, 0.2) is 5.76 Å². The number of hydrogen-bond donors (Lipinski definition) is 0. The van der Waals surface area contributed by atoms with Crippen LogP contribution in [0.4, 0.5) is 0 Å². The lowest BCUT2D eigenvalue weighted by Gasteiger charge is -1.98. The first-order chi connectivity index (χ1) is 9.78. The van der Waals surface area contributed by atoms with E-state index in [0.29, 0.717) is 5.89 Å². The smallest absolute Gasteiger partial charge is 0.227 e. The van der Waals surface area contributed by atoms with Crippen molar-refractivity contribution in [3.8, 4) is 22.8 Å². The third kappa shape index (κ3) is 3.05. The summed E-state index contributed by atoms with van der Waals surface area (Å²) in [4.78, 5) is 4.64. The zero-order chi connectivity index (χ0) is 13.9. The van der Waals surface area contributed by atoms with Crippen molar-refractivity contribution in [3.63, 3.8) is 0 Å². The molecular weight excluding hydrogens is 258 g/mol.